The van der Waals surface area contributed by atoms with Gasteiger partial charge in [-0.3, -0.25) is 14.3 Å². The van der Waals surface area contributed by atoms with Gasteiger partial charge in [0.25, 0.3) is 5.56 Å². The van der Waals surface area contributed by atoms with Crippen LogP contribution in [0.4, 0.5) is 0 Å². The highest BCUT2D eigenvalue weighted by Crippen LogP contribution is 2.16. The minimum absolute atomic E-state index is 0.0728. The van der Waals surface area contributed by atoms with E-state index in [4.69, 9.17) is 4.74 Å². The second kappa shape index (κ2) is 7.96. The van der Waals surface area contributed by atoms with E-state index in [-0.39, 0.29) is 24.6 Å². The number of carbonyl (C=O) groups excluding carboxylic acids is 1. The molecule has 0 saturated heterocycles. The molecule has 0 bridgehead atoms. The average molecular weight is 382 g/mol. The van der Waals surface area contributed by atoms with Gasteiger partial charge in [-0.2, -0.15) is 5.10 Å². The molecule has 3 rings (SSSR count). The SMILES string of the molecule is Cc1nn(CC(C)C)c(C)c1CC(=O)OCc1nc2c(C)cccc2c(=O)[nH]1. The molecule has 1 aromatic carbocycles. The summed E-state index contributed by atoms with van der Waals surface area (Å²) in [5, 5.41) is 5.05. The van der Waals surface area contributed by atoms with Crippen LogP contribution in [0.5, 0.6) is 0 Å². The van der Waals surface area contributed by atoms with Gasteiger partial charge in [-0.15, -0.1) is 0 Å². The van der Waals surface area contributed by atoms with Gasteiger partial charge in [0.1, 0.15) is 12.4 Å². The first-order chi connectivity index (χ1) is 13.3. The van der Waals surface area contributed by atoms with Gasteiger partial charge in [0, 0.05) is 17.8 Å². The summed E-state index contributed by atoms with van der Waals surface area (Å²) in [7, 11) is 0. The van der Waals surface area contributed by atoms with Crippen LogP contribution >= 0.6 is 0 Å². The van der Waals surface area contributed by atoms with E-state index in [1.807, 2.05) is 37.6 Å². The number of fused-ring (bicyclic) bond motifs is 1. The summed E-state index contributed by atoms with van der Waals surface area (Å²) in [5.74, 6) is 0.434. The van der Waals surface area contributed by atoms with Crippen LogP contribution in [0.15, 0.2) is 23.0 Å². The zero-order valence-corrected chi connectivity index (χ0v) is 17.0. The van der Waals surface area contributed by atoms with Crippen LogP contribution in [0.3, 0.4) is 0 Å². The fourth-order valence-corrected chi connectivity index (χ4v) is 3.28. The predicted octanol–water partition coefficient (Wildman–Crippen LogP) is 2.99. The number of benzene rings is 1. The molecule has 1 N–H and O–H groups in total. The largest absolute Gasteiger partial charge is 0.457 e. The second-order valence-corrected chi connectivity index (χ2v) is 7.55. The van der Waals surface area contributed by atoms with E-state index in [1.165, 1.54) is 0 Å². The van der Waals surface area contributed by atoms with Crippen molar-refractivity contribution in [1.29, 1.82) is 0 Å². The number of carbonyl (C=O) groups is 1. The summed E-state index contributed by atoms with van der Waals surface area (Å²) in [6.45, 7) is 10.8. The highest BCUT2D eigenvalue weighted by Gasteiger charge is 2.17. The molecule has 0 unspecified atom stereocenters. The Morgan fingerprint density at radius 3 is 2.71 bits per heavy atom. The lowest BCUT2D eigenvalue weighted by Crippen LogP contribution is -2.16. The monoisotopic (exact) mass is 382 g/mol. The molecule has 0 saturated carbocycles. The number of nitrogens with zero attached hydrogens (tertiary/aromatic N) is 3. The van der Waals surface area contributed by atoms with Crippen LogP contribution in [0.2, 0.25) is 0 Å². The maximum atomic E-state index is 12.4. The van der Waals surface area contributed by atoms with Crippen molar-refractivity contribution < 1.29 is 9.53 Å². The molecule has 0 fully saturated rings. The first kappa shape index (κ1) is 19.8. The molecular weight excluding hydrogens is 356 g/mol. The summed E-state index contributed by atoms with van der Waals surface area (Å²) in [6, 6.07) is 5.44. The molecule has 0 radical (unpaired) electrons. The van der Waals surface area contributed by atoms with Crippen LogP contribution in [-0.4, -0.2) is 25.7 Å². The zero-order valence-electron chi connectivity index (χ0n) is 17.0. The van der Waals surface area contributed by atoms with Crippen molar-refractivity contribution in [2.45, 2.75) is 54.2 Å². The molecule has 2 heterocycles. The highest BCUT2D eigenvalue weighted by atomic mass is 16.5. The van der Waals surface area contributed by atoms with Crippen molar-refractivity contribution in [3.8, 4) is 0 Å². The Hall–Kier alpha value is -2.96. The number of para-hydroxylation sites is 1. The molecule has 7 nitrogen and oxygen atoms in total. The molecule has 0 amide bonds. The second-order valence-electron chi connectivity index (χ2n) is 7.55. The number of aryl methyl sites for hydroxylation is 2. The van der Waals surface area contributed by atoms with E-state index in [0.29, 0.717) is 22.6 Å². The van der Waals surface area contributed by atoms with Crippen LogP contribution in [0.25, 0.3) is 10.9 Å². The summed E-state index contributed by atoms with van der Waals surface area (Å²) in [4.78, 5) is 31.7. The fraction of sp³-hybridized carbons (Fsp3) is 0.429. The van der Waals surface area contributed by atoms with E-state index >= 15 is 0 Å². The Balaban J connectivity index is 1.72. The first-order valence-electron chi connectivity index (χ1n) is 9.43. The van der Waals surface area contributed by atoms with E-state index in [1.54, 1.807) is 6.07 Å². The van der Waals surface area contributed by atoms with Gasteiger partial charge < -0.3 is 9.72 Å². The fourth-order valence-electron chi connectivity index (χ4n) is 3.28. The Morgan fingerprint density at radius 2 is 2.00 bits per heavy atom. The first-order valence-corrected chi connectivity index (χ1v) is 9.43. The smallest absolute Gasteiger partial charge is 0.310 e. The van der Waals surface area contributed by atoms with Gasteiger partial charge >= 0.3 is 5.97 Å². The summed E-state index contributed by atoms with van der Waals surface area (Å²) >= 11 is 0. The third-order valence-electron chi connectivity index (χ3n) is 4.75. The highest BCUT2D eigenvalue weighted by molar-refractivity contribution is 5.80. The molecule has 0 aliphatic rings. The minimum atomic E-state index is -0.372. The summed E-state index contributed by atoms with van der Waals surface area (Å²) in [6.07, 6.45) is 0.145. The lowest BCUT2D eigenvalue weighted by molar-refractivity contribution is -0.144. The van der Waals surface area contributed by atoms with Crippen LogP contribution in [0.1, 0.15) is 42.2 Å². The summed E-state index contributed by atoms with van der Waals surface area (Å²) in [5.41, 5.74) is 4.00. The normalized spacial score (nSPS) is 11.4. The Morgan fingerprint density at radius 1 is 1.25 bits per heavy atom. The van der Waals surface area contributed by atoms with Gasteiger partial charge in [0.05, 0.1) is 23.0 Å². The Labute approximate surface area is 163 Å². The van der Waals surface area contributed by atoms with Gasteiger partial charge in [-0.1, -0.05) is 26.0 Å². The quantitative estimate of drug-likeness (QED) is 0.662. The lowest BCUT2D eigenvalue weighted by atomic mass is 10.1. The number of H-pyrrole nitrogens is 1. The van der Waals surface area contributed by atoms with Crippen LogP contribution < -0.4 is 5.56 Å². The molecule has 7 heteroatoms. The number of hydrogen-bond acceptors (Lipinski definition) is 5. The molecular formula is C21H26N4O3. The molecule has 2 aromatic heterocycles. The van der Waals surface area contributed by atoms with Gasteiger partial charge in [-0.05, 0) is 38.3 Å². The third-order valence-corrected chi connectivity index (χ3v) is 4.75. The number of aromatic amines is 1. The van der Waals surface area contributed by atoms with Crippen molar-refractivity contribution in [2.75, 3.05) is 0 Å². The average Bonchev–Trinajstić information content (AvgIpc) is 2.88. The minimum Gasteiger partial charge on any atom is -0.457 e. The van der Waals surface area contributed by atoms with Crippen molar-refractivity contribution in [1.82, 2.24) is 19.7 Å². The topological polar surface area (TPSA) is 89.9 Å². The van der Waals surface area contributed by atoms with Crippen LogP contribution in [0, 0.1) is 26.7 Å². The number of nitrogens with one attached hydrogen (secondary N) is 1. The van der Waals surface area contributed by atoms with E-state index in [0.717, 1.165) is 29.1 Å². The van der Waals surface area contributed by atoms with E-state index < -0.39 is 0 Å². The number of rotatable bonds is 6. The van der Waals surface area contributed by atoms with Gasteiger partial charge in [0.2, 0.25) is 0 Å². The van der Waals surface area contributed by atoms with Gasteiger partial charge in [-0.25, -0.2) is 4.98 Å². The standard InChI is InChI=1S/C21H26N4O3/c1-12(2)10-25-15(5)17(14(4)24-25)9-19(26)28-11-18-22-20-13(3)7-6-8-16(20)21(27)23-18/h6-8,12H,9-11H2,1-5H3,(H,22,23,27). The molecule has 0 aliphatic heterocycles. The molecule has 28 heavy (non-hydrogen) atoms. The zero-order chi connectivity index (χ0) is 20.4. The maximum absolute atomic E-state index is 12.4. The molecule has 0 atom stereocenters. The summed E-state index contributed by atoms with van der Waals surface area (Å²) < 4.78 is 7.31. The maximum Gasteiger partial charge on any atom is 0.310 e. The van der Waals surface area contributed by atoms with Crippen molar-refractivity contribution >= 4 is 16.9 Å². The predicted molar refractivity (Wildman–Crippen MR) is 107 cm³/mol. The van der Waals surface area contributed by atoms with E-state index in [9.17, 15) is 9.59 Å². The molecule has 3 aromatic rings. The van der Waals surface area contributed by atoms with Crippen LogP contribution in [-0.2, 0) is 29.1 Å². The molecule has 0 aliphatic carbocycles. The number of ether oxygens (including phenoxy) is 1. The number of hydrogen-bond donors (Lipinski definition) is 1. The third kappa shape index (κ3) is 4.13. The number of esters is 1. The van der Waals surface area contributed by atoms with E-state index in [2.05, 4.69) is 28.9 Å². The van der Waals surface area contributed by atoms with Crippen molar-refractivity contribution in [2.24, 2.45) is 5.92 Å². The molecule has 0 spiro atoms. The van der Waals surface area contributed by atoms with Crippen molar-refractivity contribution in [3.05, 3.63) is 56.9 Å². The Bertz CT molecular complexity index is 1080. The molecule has 148 valence electrons. The Kier molecular flexibility index (Phi) is 5.63. The number of aromatic nitrogens is 4. The lowest BCUT2D eigenvalue weighted by Gasteiger charge is -2.08. The van der Waals surface area contributed by atoms with Gasteiger partial charge in [0.15, 0.2) is 0 Å². The van der Waals surface area contributed by atoms with Crippen molar-refractivity contribution in [3.63, 3.8) is 0 Å².